The Morgan fingerprint density at radius 3 is 2.33 bits per heavy atom. The van der Waals surface area contributed by atoms with Gasteiger partial charge in [-0.25, -0.2) is 0 Å². The highest BCUT2D eigenvalue weighted by atomic mass is 35.5. The van der Waals surface area contributed by atoms with E-state index >= 15 is 0 Å². The van der Waals surface area contributed by atoms with Crippen LogP contribution in [0, 0.1) is 0 Å². The molecule has 1 saturated carbocycles. The van der Waals surface area contributed by atoms with Gasteiger partial charge in [-0.2, -0.15) is 0 Å². The van der Waals surface area contributed by atoms with Crippen molar-refractivity contribution in [2.45, 2.75) is 44.2 Å². The number of benzene rings is 2. The number of nitrogens with one attached hydrogen (secondary N) is 1. The molecule has 1 aliphatic rings. The molecule has 0 heterocycles. The molecule has 6 nitrogen and oxygen atoms in total. The average molecular weight is 493 g/mol. The third-order valence-electron chi connectivity index (χ3n) is 5.97. The predicted molar refractivity (Wildman–Crippen MR) is 130 cm³/mol. The quantitative estimate of drug-likeness (QED) is 0.485. The number of hydrogen-bond donors (Lipinski definition) is 1. The molecule has 0 saturated heterocycles. The molecule has 8 heteroatoms. The number of alkyl halides is 1. The molecule has 2 aromatic carbocycles. The van der Waals surface area contributed by atoms with Gasteiger partial charge in [-0.1, -0.05) is 42.6 Å². The van der Waals surface area contributed by atoms with Crippen molar-refractivity contribution in [2.24, 2.45) is 0 Å². The molecular weight excluding hydrogens is 463 g/mol. The van der Waals surface area contributed by atoms with Crippen LogP contribution in [0.2, 0.25) is 5.02 Å². The lowest BCUT2D eigenvalue weighted by Crippen LogP contribution is -2.47. The van der Waals surface area contributed by atoms with E-state index in [-0.39, 0.29) is 23.7 Å². The topological polar surface area (TPSA) is 67.9 Å². The number of amides is 2. The van der Waals surface area contributed by atoms with Crippen LogP contribution in [0.15, 0.2) is 42.5 Å². The number of ether oxygens (including phenoxy) is 2. The Hall–Kier alpha value is -2.44. The van der Waals surface area contributed by atoms with E-state index in [4.69, 9.17) is 32.7 Å². The summed E-state index contributed by atoms with van der Waals surface area (Å²) in [7, 11) is 3.16. The summed E-state index contributed by atoms with van der Waals surface area (Å²) in [5.41, 5.74) is 1.65. The van der Waals surface area contributed by atoms with Gasteiger partial charge in [0.2, 0.25) is 11.8 Å². The minimum atomic E-state index is -0.797. The van der Waals surface area contributed by atoms with Gasteiger partial charge < -0.3 is 19.7 Å². The second-order valence-electron chi connectivity index (χ2n) is 8.10. The molecule has 0 bridgehead atoms. The average Bonchev–Trinajstić information content (AvgIpc) is 3.34. The van der Waals surface area contributed by atoms with Crippen molar-refractivity contribution < 1.29 is 19.1 Å². The summed E-state index contributed by atoms with van der Waals surface area (Å²) >= 11 is 12.0. The molecule has 0 radical (unpaired) electrons. The van der Waals surface area contributed by atoms with Gasteiger partial charge in [-0.05, 0) is 54.7 Å². The number of carbonyl (C=O) groups excluding carboxylic acids is 2. The van der Waals surface area contributed by atoms with Gasteiger partial charge in [0.1, 0.15) is 11.9 Å². The Labute approximate surface area is 205 Å². The summed E-state index contributed by atoms with van der Waals surface area (Å²) < 4.78 is 10.7. The molecule has 3 rings (SSSR count). The zero-order valence-electron chi connectivity index (χ0n) is 19.0. The van der Waals surface area contributed by atoms with Crippen LogP contribution in [0.3, 0.4) is 0 Å². The Morgan fingerprint density at radius 1 is 1.06 bits per heavy atom. The second-order valence-corrected chi connectivity index (χ2v) is 8.81. The smallest absolute Gasteiger partial charge is 0.247 e. The standard InChI is InChI=1S/C25H30Cl2N2O4/c1-32-21-12-7-17(15-22(21)33-2)13-14-29(23(30)16-26)24(18-8-10-19(27)11-9-18)25(31)28-20-5-3-4-6-20/h7-12,15,20,24H,3-6,13-14,16H2,1-2H3,(H,28,31)/t24-/m0/s1. The van der Waals surface area contributed by atoms with Crippen molar-refractivity contribution >= 4 is 35.0 Å². The Balaban J connectivity index is 1.87. The number of methoxy groups -OCH3 is 2. The number of nitrogens with zero attached hydrogens (tertiary/aromatic N) is 1. The van der Waals surface area contributed by atoms with Crippen molar-refractivity contribution in [3.05, 3.63) is 58.6 Å². The molecule has 2 aromatic rings. The molecule has 0 spiro atoms. The maximum Gasteiger partial charge on any atom is 0.247 e. The highest BCUT2D eigenvalue weighted by Crippen LogP contribution is 2.29. The zero-order chi connectivity index (χ0) is 23.8. The van der Waals surface area contributed by atoms with Crippen molar-refractivity contribution in [3.8, 4) is 11.5 Å². The second kappa shape index (κ2) is 12.1. The normalized spacial score (nSPS) is 14.5. The van der Waals surface area contributed by atoms with Gasteiger partial charge in [0, 0.05) is 17.6 Å². The van der Waals surface area contributed by atoms with E-state index in [1.54, 1.807) is 43.4 Å². The third-order valence-corrected chi connectivity index (χ3v) is 6.45. The molecule has 0 unspecified atom stereocenters. The predicted octanol–water partition coefficient (Wildman–Crippen LogP) is 4.77. The lowest BCUT2D eigenvalue weighted by molar-refractivity contribution is -0.139. The number of hydrogen-bond acceptors (Lipinski definition) is 4. The molecule has 1 N–H and O–H groups in total. The summed E-state index contributed by atoms with van der Waals surface area (Å²) in [6.07, 6.45) is 4.62. The van der Waals surface area contributed by atoms with Gasteiger partial charge >= 0.3 is 0 Å². The summed E-state index contributed by atoms with van der Waals surface area (Å²) in [6.45, 7) is 0.312. The molecule has 1 atom stereocenters. The lowest BCUT2D eigenvalue weighted by atomic mass is 10.0. The van der Waals surface area contributed by atoms with Crippen LogP contribution >= 0.6 is 23.2 Å². The first-order chi connectivity index (χ1) is 16.0. The number of carbonyl (C=O) groups is 2. The first kappa shape index (κ1) is 25.2. The van der Waals surface area contributed by atoms with Crippen LogP contribution < -0.4 is 14.8 Å². The van der Waals surface area contributed by atoms with Crippen LogP contribution in [0.1, 0.15) is 42.9 Å². The van der Waals surface area contributed by atoms with Crippen molar-refractivity contribution in [2.75, 3.05) is 26.6 Å². The van der Waals surface area contributed by atoms with E-state index in [9.17, 15) is 9.59 Å². The monoisotopic (exact) mass is 492 g/mol. The summed E-state index contributed by atoms with van der Waals surface area (Å²) in [5, 5.41) is 3.70. The van der Waals surface area contributed by atoms with E-state index < -0.39 is 6.04 Å². The molecular formula is C25H30Cl2N2O4. The maximum atomic E-state index is 13.4. The van der Waals surface area contributed by atoms with E-state index in [2.05, 4.69) is 5.32 Å². The Kier molecular flexibility index (Phi) is 9.27. The molecule has 0 aliphatic heterocycles. The molecule has 1 aliphatic carbocycles. The lowest BCUT2D eigenvalue weighted by Gasteiger charge is -2.32. The summed E-state index contributed by atoms with van der Waals surface area (Å²) in [5.74, 6) is 0.518. The fraction of sp³-hybridized carbons (Fsp3) is 0.440. The minimum absolute atomic E-state index is 0.131. The highest BCUT2D eigenvalue weighted by Gasteiger charge is 2.32. The fourth-order valence-corrected chi connectivity index (χ4v) is 4.51. The van der Waals surface area contributed by atoms with Crippen LogP contribution in [0.25, 0.3) is 0 Å². The Bertz CT molecular complexity index is 946. The maximum absolute atomic E-state index is 13.4. The third kappa shape index (κ3) is 6.55. The van der Waals surface area contributed by atoms with Crippen molar-refractivity contribution in [3.63, 3.8) is 0 Å². The minimum Gasteiger partial charge on any atom is -0.493 e. The van der Waals surface area contributed by atoms with E-state index in [0.29, 0.717) is 35.1 Å². The molecule has 0 aromatic heterocycles. The summed E-state index contributed by atoms with van der Waals surface area (Å²) in [6, 6.07) is 12.0. The fourth-order valence-electron chi connectivity index (χ4n) is 4.23. The molecule has 33 heavy (non-hydrogen) atoms. The van der Waals surface area contributed by atoms with E-state index in [0.717, 1.165) is 31.2 Å². The first-order valence-corrected chi connectivity index (χ1v) is 12.0. The van der Waals surface area contributed by atoms with Crippen molar-refractivity contribution in [1.29, 1.82) is 0 Å². The van der Waals surface area contributed by atoms with Crippen LogP contribution in [0.5, 0.6) is 11.5 Å². The van der Waals surface area contributed by atoms with Gasteiger partial charge in [0.15, 0.2) is 11.5 Å². The van der Waals surface area contributed by atoms with Gasteiger partial charge in [0.05, 0.1) is 14.2 Å². The van der Waals surface area contributed by atoms with Gasteiger partial charge in [0.25, 0.3) is 0 Å². The highest BCUT2D eigenvalue weighted by molar-refractivity contribution is 6.30. The van der Waals surface area contributed by atoms with E-state index in [1.807, 2.05) is 18.2 Å². The first-order valence-electron chi connectivity index (χ1n) is 11.1. The van der Waals surface area contributed by atoms with Crippen molar-refractivity contribution in [1.82, 2.24) is 10.2 Å². The number of rotatable bonds is 10. The summed E-state index contributed by atoms with van der Waals surface area (Å²) in [4.78, 5) is 27.9. The molecule has 178 valence electrons. The zero-order valence-corrected chi connectivity index (χ0v) is 20.5. The van der Waals surface area contributed by atoms with Gasteiger partial charge in [-0.3, -0.25) is 9.59 Å². The van der Waals surface area contributed by atoms with Gasteiger partial charge in [-0.15, -0.1) is 11.6 Å². The molecule has 1 fully saturated rings. The van der Waals surface area contributed by atoms with Crippen LogP contribution in [-0.4, -0.2) is 49.4 Å². The number of halogens is 2. The van der Waals surface area contributed by atoms with Crippen LogP contribution in [0.4, 0.5) is 0 Å². The molecule has 2 amide bonds. The Morgan fingerprint density at radius 2 is 1.73 bits per heavy atom. The largest absolute Gasteiger partial charge is 0.493 e. The SMILES string of the molecule is COc1ccc(CCN(C(=O)CCl)[C@H](C(=O)NC2CCCC2)c2ccc(Cl)cc2)cc1OC. The van der Waals surface area contributed by atoms with E-state index in [1.165, 1.54) is 0 Å². The van der Waals surface area contributed by atoms with Crippen LogP contribution in [-0.2, 0) is 16.0 Å².